The monoisotopic (exact) mass is 385 g/mol. The Morgan fingerprint density at radius 2 is 2.04 bits per heavy atom. The molecular weight excluding hydrogens is 362 g/mol. The van der Waals surface area contributed by atoms with Gasteiger partial charge in [0.2, 0.25) is 0 Å². The molecule has 0 heterocycles. The molecule has 0 aliphatic rings. The molecule has 1 aromatic carbocycles. The van der Waals surface area contributed by atoms with Crippen LogP contribution in [0.15, 0.2) is 22.7 Å². The fourth-order valence-corrected chi connectivity index (χ4v) is 2.65. The number of aliphatic carboxylic acids is 1. The Balaban J connectivity index is 2.21. The Morgan fingerprint density at radius 3 is 2.70 bits per heavy atom. The second-order valence-electron chi connectivity index (χ2n) is 5.36. The molecule has 0 atom stereocenters. The summed E-state index contributed by atoms with van der Waals surface area (Å²) in [4.78, 5) is 22.0. The highest BCUT2D eigenvalue weighted by Gasteiger charge is 2.06. The third kappa shape index (κ3) is 8.59. The van der Waals surface area contributed by atoms with E-state index in [1.54, 1.807) is 0 Å². The van der Waals surface area contributed by atoms with Crippen LogP contribution in [0, 0.1) is 0 Å². The van der Waals surface area contributed by atoms with Crippen LogP contribution in [0.2, 0.25) is 0 Å². The van der Waals surface area contributed by atoms with Gasteiger partial charge >= 0.3 is 5.97 Å². The quantitative estimate of drug-likeness (QED) is 0.571. The van der Waals surface area contributed by atoms with Crippen LogP contribution in [0.25, 0.3) is 0 Å². The van der Waals surface area contributed by atoms with Crippen molar-refractivity contribution in [3.05, 3.63) is 28.2 Å². The smallest absolute Gasteiger partial charge is 0.303 e. The number of hydrogen-bond donors (Lipinski definition) is 2. The van der Waals surface area contributed by atoms with E-state index in [1.807, 2.05) is 18.2 Å². The second-order valence-corrected chi connectivity index (χ2v) is 6.21. The molecule has 1 amide bonds. The molecule has 5 nitrogen and oxygen atoms in total. The number of benzene rings is 1. The molecule has 1 aromatic rings. The third-order valence-electron chi connectivity index (χ3n) is 3.28. The number of nitrogens with one attached hydrogen (secondary N) is 1. The van der Waals surface area contributed by atoms with Gasteiger partial charge in [-0.3, -0.25) is 9.59 Å². The summed E-state index contributed by atoms with van der Waals surface area (Å²) in [6.45, 7) is 2.64. The van der Waals surface area contributed by atoms with Crippen molar-refractivity contribution < 1.29 is 19.4 Å². The van der Waals surface area contributed by atoms with E-state index in [2.05, 4.69) is 28.2 Å². The predicted octanol–water partition coefficient (Wildman–Crippen LogP) is 3.54. The average molecular weight is 386 g/mol. The summed E-state index contributed by atoms with van der Waals surface area (Å²) in [5.74, 6) is -0.299. The van der Waals surface area contributed by atoms with E-state index in [1.165, 1.54) is 5.56 Å². The fourth-order valence-electron chi connectivity index (χ4n) is 2.11. The normalized spacial score (nSPS) is 10.3. The van der Waals surface area contributed by atoms with Crippen molar-refractivity contribution >= 4 is 27.8 Å². The molecule has 0 radical (unpaired) electrons. The van der Waals surface area contributed by atoms with Crippen molar-refractivity contribution in [3.8, 4) is 5.75 Å². The van der Waals surface area contributed by atoms with Crippen LogP contribution in [0.4, 0.5) is 0 Å². The largest absolute Gasteiger partial charge is 0.483 e. The molecule has 0 unspecified atom stereocenters. The zero-order valence-electron chi connectivity index (χ0n) is 13.4. The van der Waals surface area contributed by atoms with E-state index in [9.17, 15) is 9.59 Å². The summed E-state index contributed by atoms with van der Waals surface area (Å²) in [5.41, 5.74) is 1.23. The minimum atomic E-state index is -0.780. The summed E-state index contributed by atoms with van der Waals surface area (Å²) >= 11 is 3.46. The average Bonchev–Trinajstić information content (AvgIpc) is 2.50. The van der Waals surface area contributed by atoms with E-state index in [-0.39, 0.29) is 18.9 Å². The van der Waals surface area contributed by atoms with Crippen LogP contribution in [-0.4, -0.2) is 30.1 Å². The molecule has 0 aromatic heterocycles. The molecule has 128 valence electrons. The molecule has 2 N–H and O–H groups in total. The highest BCUT2D eigenvalue weighted by Crippen LogP contribution is 2.26. The Labute approximate surface area is 145 Å². The Morgan fingerprint density at radius 1 is 1.26 bits per heavy atom. The zero-order valence-corrected chi connectivity index (χ0v) is 15.0. The molecule has 1 rings (SSSR count). The Bertz CT molecular complexity index is 519. The lowest BCUT2D eigenvalue weighted by molar-refractivity contribution is -0.137. The van der Waals surface area contributed by atoms with Crippen molar-refractivity contribution in [1.82, 2.24) is 5.32 Å². The van der Waals surface area contributed by atoms with Crippen LogP contribution in [0.3, 0.4) is 0 Å². The van der Waals surface area contributed by atoms with E-state index in [0.29, 0.717) is 18.7 Å². The predicted molar refractivity (Wildman–Crippen MR) is 92.7 cm³/mol. The number of carbonyl (C=O) groups excluding carboxylic acids is 1. The van der Waals surface area contributed by atoms with Gasteiger partial charge in [0, 0.05) is 13.0 Å². The Hall–Kier alpha value is -1.56. The number of carboxylic acid groups (broad SMARTS) is 1. The molecule has 0 saturated heterocycles. The third-order valence-corrected chi connectivity index (χ3v) is 3.90. The second kappa shape index (κ2) is 11.0. The number of amides is 1. The van der Waals surface area contributed by atoms with Crippen molar-refractivity contribution in [2.75, 3.05) is 13.2 Å². The van der Waals surface area contributed by atoms with Crippen molar-refractivity contribution in [2.45, 2.75) is 45.4 Å². The number of unbranched alkanes of at least 4 members (excludes halogenated alkanes) is 2. The summed E-state index contributed by atoms with van der Waals surface area (Å²) in [7, 11) is 0. The molecule has 0 bridgehead atoms. The molecule has 23 heavy (non-hydrogen) atoms. The molecule has 0 aliphatic heterocycles. The summed E-state index contributed by atoms with van der Waals surface area (Å²) < 4.78 is 6.36. The first-order valence-corrected chi connectivity index (χ1v) is 8.72. The van der Waals surface area contributed by atoms with Crippen LogP contribution >= 0.6 is 15.9 Å². The van der Waals surface area contributed by atoms with E-state index in [0.717, 1.165) is 30.2 Å². The topological polar surface area (TPSA) is 75.6 Å². The highest BCUT2D eigenvalue weighted by atomic mass is 79.9. The van der Waals surface area contributed by atoms with E-state index in [4.69, 9.17) is 9.84 Å². The van der Waals surface area contributed by atoms with Gasteiger partial charge in [-0.05, 0) is 52.9 Å². The summed E-state index contributed by atoms with van der Waals surface area (Å²) in [6.07, 6.45) is 4.48. The number of ether oxygens (including phenoxy) is 1. The number of hydrogen-bond acceptors (Lipinski definition) is 3. The first kappa shape index (κ1) is 19.5. The zero-order chi connectivity index (χ0) is 17.1. The molecule has 0 aliphatic carbocycles. The highest BCUT2D eigenvalue weighted by molar-refractivity contribution is 9.10. The summed E-state index contributed by atoms with van der Waals surface area (Å²) in [5, 5.41) is 11.3. The van der Waals surface area contributed by atoms with Crippen LogP contribution in [0.1, 0.15) is 44.6 Å². The van der Waals surface area contributed by atoms with E-state index < -0.39 is 5.97 Å². The molecule has 0 spiro atoms. The maximum absolute atomic E-state index is 11.7. The number of carbonyl (C=O) groups is 2. The van der Waals surface area contributed by atoms with Crippen LogP contribution in [0.5, 0.6) is 5.75 Å². The maximum atomic E-state index is 11.7. The number of carboxylic acids is 1. The van der Waals surface area contributed by atoms with Gasteiger partial charge in [-0.25, -0.2) is 0 Å². The SMILES string of the molecule is CCCc1ccc(OCC(=O)NCCCCCC(=O)O)c(Br)c1. The lowest BCUT2D eigenvalue weighted by atomic mass is 10.1. The van der Waals surface area contributed by atoms with Gasteiger partial charge in [0.05, 0.1) is 4.47 Å². The van der Waals surface area contributed by atoms with Crippen molar-refractivity contribution in [2.24, 2.45) is 0 Å². The molecular formula is C17H24BrNO4. The van der Waals surface area contributed by atoms with Gasteiger partial charge in [-0.15, -0.1) is 0 Å². The number of aryl methyl sites for hydroxylation is 1. The van der Waals surface area contributed by atoms with Gasteiger partial charge in [0.15, 0.2) is 6.61 Å². The lowest BCUT2D eigenvalue weighted by Crippen LogP contribution is -2.29. The molecule has 6 heteroatoms. The van der Waals surface area contributed by atoms with Gasteiger partial charge in [-0.2, -0.15) is 0 Å². The maximum Gasteiger partial charge on any atom is 0.303 e. The Kier molecular flexibility index (Phi) is 9.36. The lowest BCUT2D eigenvalue weighted by Gasteiger charge is -2.10. The van der Waals surface area contributed by atoms with Crippen LogP contribution < -0.4 is 10.1 Å². The fraction of sp³-hybridized carbons (Fsp3) is 0.529. The number of rotatable bonds is 11. The molecule has 0 fully saturated rings. The number of halogens is 1. The minimum absolute atomic E-state index is 0.0269. The first-order chi connectivity index (χ1) is 11.0. The van der Waals surface area contributed by atoms with Gasteiger partial charge < -0.3 is 15.2 Å². The van der Waals surface area contributed by atoms with Crippen molar-refractivity contribution in [3.63, 3.8) is 0 Å². The van der Waals surface area contributed by atoms with E-state index >= 15 is 0 Å². The van der Waals surface area contributed by atoms with Gasteiger partial charge in [0.1, 0.15) is 5.75 Å². The first-order valence-electron chi connectivity index (χ1n) is 7.92. The van der Waals surface area contributed by atoms with Crippen molar-refractivity contribution in [1.29, 1.82) is 0 Å². The standard InChI is InChI=1S/C17H24BrNO4/c1-2-6-13-8-9-15(14(18)11-13)23-12-16(20)19-10-5-3-4-7-17(21)22/h8-9,11H,2-7,10,12H2,1H3,(H,19,20)(H,21,22). The summed E-state index contributed by atoms with van der Waals surface area (Å²) in [6, 6.07) is 5.89. The minimum Gasteiger partial charge on any atom is -0.483 e. The van der Waals surface area contributed by atoms with Gasteiger partial charge in [0.25, 0.3) is 5.91 Å². The molecule has 0 saturated carbocycles. The van der Waals surface area contributed by atoms with Crippen LogP contribution in [-0.2, 0) is 16.0 Å². The van der Waals surface area contributed by atoms with Gasteiger partial charge in [-0.1, -0.05) is 25.8 Å².